The second kappa shape index (κ2) is 58.8. The Hall–Kier alpha value is -2.60. The number of hydrogen-bond acceptors (Lipinski definition) is 10. The van der Waals surface area contributed by atoms with Crippen LogP contribution in [0.2, 0.25) is 0 Å². The summed E-state index contributed by atoms with van der Waals surface area (Å²) in [7, 11) is 0. The zero-order valence-electron chi connectivity index (χ0n) is 53.9. The molecule has 1 aromatic rings. The summed E-state index contributed by atoms with van der Waals surface area (Å²) in [5.41, 5.74) is 1.21. The van der Waals surface area contributed by atoms with Crippen molar-refractivity contribution < 1.29 is 42.7 Å². The van der Waals surface area contributed by atoms with Gasteiger partial charge in [-0.1, -0.05) is 236 Å². The number of benzene rings is 1. The average molecular weight is 1150 g/mol. The van der Waals surface area contributed by atoms with E-state index in [1.807, 2.05) is 6.07 Å². The Bertz CT molecular complexity index is 1440. The van der Waals surface area contributed by atoms with Gasteiger partial charge in [0.25, 0.3) is 0 Å². The molecule has 1 fully saturated rings. The summed E-state index contributed by atoms with van der Waals surface area (Å²) in [6, 6.07) is 10.4. The highest BCUT2D eigenvalue weighted by atomic mass is 16.7. The maximum Gasteiger partial charge on any atom is 0.305 e. The molecule has 2 atom stereocenters. The van der Waals surface area contributed by atoms with E-state index in [4.69, 9.17) is 33.2 Å². The predicted molar refractivity (Wildman–Crippen MR) is 343 cm³/mol. The molecule has 0 amide bonds. The summed E-state index contributed by atoms with van der Waals surface area (Å²) in [6.07, 6.45) is 55.0. The number of carbonyl (C=O) groups is 2. The SMILES string of the molecule is CCCCCCCCCOC(CCC(=O)OCCCCCC=CC1CC(C=CCCCCCOC(=O)CCC(OCCCCCCCCC)OCCCCCCCCC)CN(CCOCc2ccccc2)C1)OCCCCCCCCC. The monoisotopic (exact) mass is 1150 g/mol. The van der Waals surface area contributed by atoms with Gasteiger partial charge in [-0.05, 0) is 101 Å². The van der Waals surface area contributed by atoms with Gasteiger partial charge in [0.2, 0.25) is 0 Å². The smallest absolute Gasteiger partial charge is 0.305 e. The van der Waals surface area contributed by atoms with Crippen LogP contribution in [0.5, 0.6) is 0 Å². The Kier molecular flexibility index (Phi) is 54.1. The number of allylic oxidation sites excluding steroid dienone is 2. The Morgan fingerprint density at radius 3 is 1.16 bits per heavy atom. The Balaban J connectivity index is 1.73. The lowest BCUT2D eigenvalue weighted by molar-refractivity contribution is -0.159. The quantitative estimate of drug-likeness (QED) is 0.0271. The Labute approximate surface area is 505 Å². The minimum atomic E-state index is -0.332. The molecule has 0 N–H and O–H groups in total. The number of carbonyl (C=O) groups excluding carboxylic acids is 2. The summed E-state index contributed by atoms with van der Waals surface area (Å²) in [5, 5.41) is 0. The van der Waals surface area contributed by atoms with Crippen LogP contribution in [0.3, 0.4) is 0 Å². The molecule has 476 valence electrons. The van der Waals surface area contributed by atoms with Crippen molar-refractivity contribution >= 4 is 11.9 Å². The first-order chi connectivity index (χ1) is 40.5. The second-order valence-electron chi connectivity index (χ2n) is 24.0. The summed E-state index contributed by atoms with van der Waals surface area (Å²) >= 11 is 0. The highest BCUT2D eigenvalue weighted by Crippen LogP contribution is 2.25. The predicted octanol–water partition coefficient (Wildman–Crippen LogP) is 19.7. The van der Waals surface area contributed by atoms with Gasteiger partial charge in [-0.3, -0.25) is 14.5 Å². The summed E-state index contributed by atoms with van der Waals surface area (Å²) < 4.78 is 42.2. The van der Waals surface area contributed by atoms with E-state index >= 15 is 0 Å². The van der Waals surface area contributed by atoms with Crippen molar-refractivity contribution in [2.45, 2.75) is 310 Å². The van der Waals surface area contributed by atoms with Gasteiger partial charge in [-0.2, -0.15) is 0 Å². The van der Waals surface area contributed by atoms with E-state index in [-0.39, 0.29) is 24.5 Å². The molecular weight excluding hydrogens is 1020 g/mol. The first kappa shape index (κ1) is 75.5. The first-order valence-electron chi connectivity index (χ1n) is 34.9. The molecule has 10 nitrogen and oxygen atoms in total. The van der Waals surface area contributed by atoms with E-state index in [0.717, 1.165) is 110 Å². The van der Waals surface area contributed by atoms with Crippen molar-refractivity contribution in [2.24, 2.45) is 11.8 Å². The molecule has 1 aliphatic heterocycles. The molecular formula is C72H129NO9. The van der Waals surface area contributed by atoms with E-state index < -0.39 is 0 Å². The number of esters is 2. The van der Waals surface area contributed by atoms with E-state index in [2.05, 4.69) is 81.2 Å². The molecule has 0 saturated carbocycles. The van der Waals surface area contributed by atoms with Crippen LogP contribution in [-0.2, 0) is 49.4 Å². The number of unbranched alkanes of at least 4 members (excludes halogenated alkanes) is 30. The number of likely N-dealkylation sites (tertiary alicyclic amines) is 1. The third-order valence-corrected chi connectivity index (χ3v) is 16.0. The first-order valence-corrected chi connectivity index (χ1v) is 34.9. The summed E-state index contributed by atoms with van der Waals surface area (Å²) in [6.45, 7) is 17.2. The fourth-order valence-corrected chi connectivity index (χ4v) is 10.9. The van der Waals surface area contributed by atoms with Gasteiger partial charge in [0, 0.05) is 58.9 Å². The van der Waals surface area contributed by atoms with Crippen molar-refractivity contribution in [2.75, 3.05) is 65.9 Å². The average Bonchev–Trinajstić information content (AvgIpc) is 3.54. The molecule has 0 aromatic heterocycles. The largest absolute Gasteiger partial charge is 0.466 e. The lowest BCUT2D eigenvalue weighted by Gasteiger charge is -2.35. The fraction of sp³-hybridized carbons (Fsp3) is 0.833. The highest BCUT2D eigenvalue weighted by Gasteiger charge is 2.24. The molecule has 0 spiro atoms. The zero-order valence-corrected chi connectivity index (χ0v) is 53.9. The number of piperidine rings is 1. The van der Waals surface area contributed by atoms with Gasteiger partial charge in [0.1, 0.15) is 0 Å². The fourth-order valence-electron chi connectivity index (χ4n) is 10.9. The normalized spacial score (nSPS) is 15.0. The van der Waals surface area contributed by atoms with Gasteiger partial charge >= 0.3 is 11.9 Å². The maximum absolute atomic E-state index is 12.8. The second-order valence-corrected chi connectivity index (χ2v) is 24.0. The minimum Gasteiger partial charge on any atom is -0.466 e. The van der Waals surface area contributed by atoms with Gasteiger partial charge in [0.05, 0.1) is 39.3 Å². The van der Waals surface area contributed by atoms with Crippen LogP contribution < -0.4 is 0 Å². The zero-order chi connectivity index (χ0) is 58.7. The number of ether oxygens (including phenoxy) is 7. The van der Waals surface area contributed by atoms with Crippen LogP contribution in [0.1, 0.15) is 297 Å². The molecule has 2 rings (SSSR count). The van der Waals surface area contributed by atoms with Crippen LogP contribution >= 0.6 is 0 Å². The molecule has 1 heterocycles. The van der Waals surface area contributed by atoms with E-state index in [1.54, 1.807) is 0 Å². The van der Waals surface area contributed by atoms with Gasteiger partial charge < -0.3 is 33.2 Å². The molecule has 1 saturated heterocycles. The van der Waals surface area contributed by atoms with Gasteiger partial charge in [0.15, 0.2) is 12.6 Å². The standard InChI is InChI=1S/C72H129NO9/c1-5-9-13-17-21-29-42-57-79-71(80-58-43-30-22-18-14-10-6-2)52-50-69(74)77-55-40-33-25-27-36-48-67-62-68(64-73(63-67)54-61-76-65-66-46-38-35-39-47-66)49-37-28-26-34-41-56-78-70(75)51-53-72(81-59-44-31-23-19-15-11-7-3)82-60-45-32-24-20-16-12-8-4/h35-39,46-49,67-68,71-72H,5-34,40-45,50-65H2,1-4H3. The maximum atomic E-state index is 12.8. The van der Waals surface area contributed by atoms with E-state index in [9.17, 15) is 9.59 Å². The molecule has 10 heteroatoms. The van der Waals surface area contributed by atoms with Crippen molar-refractivity contribution in [3.63, 3.8) is 0 Å². The molecule has 0 aliphatic carbocycles. The van der Waals surface area contributed by atoms with E-state index in [1.165, 1.54) is 160 Å². The van der Waals surface area contributed by atoms with E-state index in [0.29, 0.717) is 83.8 Å². The third-order valence-electron chi connectivity index (χ3n) is 16.0. The lowest BCUT2D eigenvalue weighted by atomic mass is 9.88. The van der Waals surface area contributed by atoms with Gasteiger partial charge in [-0.25, -0.2) is 0 Å². The minimum absolute atomic E-state index is 0.146. The molecule has 2 unspecified atom stereocenters. The number of rotatable bonds is 61. The molecule has 0 radical (unpaired) electrons. The molecule has 0 bridgehead atoms. The van der Waals surface area contributed by atoms with Crippen molar-refractivity contribution in [3.05, 3.63) is 60.2 Å². The number of hydrogen-bond donors (Lipinski definition) is 0. The van der Waals surface area contributed by atoms with Crippen molar-refractivity contribution in [3.8, 4) is 0 Å². The van der Waals surface area contributed by atoms with Crippen LogP contribution in [0.4, 0.5) is 0 Å². The highest BCUT2D eigenvalue weighted by molar-refractivity contribution is 5.69. The molecule has 1 aliphatic rings. The van der Waals surface area contributed by atoms with Crippen LogP contribution in [0, 0.1) is 11.8 Å². The molecule has 1 aromatic carbocycles. The topological polar surface area (TPSA) is 102 Å². The lowest BCUT2D eigenvalue weighted by Crippen LogP contribution is -2.41. The summed E-state index contributed by atoms with van der Waals surface area (Å²) in [4.78, 5) is 28.1. The van der Waals surface area contributed by atoms with Crippen LogP contribution in [0.15, 0.2) is 54.6 Å². The van der Waals surface area contributed by atoms with Crippen LogP contribution in [0.25, 0.3) is 0 Å². The summed E-state index contributed by atoms with van der Waals surface area (Å²) in [5.74, 6) is 0.708. The number of nitrogens with zero attached hydrogens (tertiary/aromatic N) is 1. The van der Waals surface area contributed by atoms with Gasteiger partial charge in [-0.15, -0.1) is 0 Å². The Morgan fingerprint density at radius 2 is 0.780 bits per heavy atom. The third kappa shape index (κ3) is 48.6. The van der Waals surface area contributed by atoms with Crippen molar-refractivity contribution in [1.82, 2.24) is 4.90 Å². The van der Waals surface area contributed by atoms with Crippen LogP contribution in [-0.4, -0.2) is 95.3 Å². The Morgan fingerprint density at radius 1 is 0.439 bits per heavy atom. The molecule has 82 heavy (non-hydrogen) atoms. The van der Waals surface area contributed by atoms with Crippen molar-refractivity contribution in [1.29, 1.82) is 0 Å².